The molecule has 0 unspecified atom stereocenters. The van der Waals surface area contributed by atoms with Crippen LogP contribution in [0.15, 0.2) is 12.1 Å². The second-order valence-corrected chi connectivity index (χ2v) is 11.1. The second-order valence-electron chi connectivity index (χ2n) is 11.1. The molecular formula is C27H42N2O5. The number of carbonyl (C=O) groups is 2. The van der Waals surface area contributed by atoms with Gasteiger partial charge in [0.25, 0.3) is 5.91 Å². The van der Waals surface area contributed by atoms with Crippen LogP contribution in [0.1, 0.15) is 94.5 Å². The van der Waals surface area contributed by atoms with E-state index in [4.69, 9.17) is 0 Å². The number of hydrogen-bond acceptors (Lipinski definition) is 5. The number of carboxylic acids is 1. The number of carboxylic acid groups (broad SMARTS) is 1. The Morgan fingerprint density at radius 1 is 1.03 bits per heavy atom. The standard InChI is InChI=1S/C27H42N2O5/c1-17(2)15-27(26(33)34,20-7-5-6-8-20)28-16-19-9-11-29(12-10-19)25(32)22-13-21(18(3)4)23(30)14-24(22)31/h13-14,17-20,28,30-31H,5-12,15-16H2,1-4H3,(H,33,34)/t27-/m1/s1. The molecule has 34 heavy (non-hydrogen) atoms. The zero-order valence-electron chi connectivity index (χ0n) is 21.1. The van der Waals surface area contributed by atoms with Crippen molar-refractivity contribution in [3.05, 3.63) is 23.3 Å². The number of aromatic hydroxyl groups is 2. The Morgan fingerprint density at radius 2 is 1.65 bits per heavy atom. The molecule has 0 spiro atoms. The van der Waals surface area contributed by atoms with Crippen molar-refractivity contribution in [3.8, 4) is 11.5 Å². The number of piperidine rings is 1. The third kappa shape index (κ3) is 5.68. The van der Waals surface area contributed by atoms with Gasteiger partial charge in [0.05, 0.1) is 5.56 Å². The molecule has 1 saturated carbocycles. The summed E-state index contributed by atoms with van der Waals surface area (Å²) in [6.07, 6.45) is 6.34. The quantitative estimate of drug-likeness (QED) is 0.412. The second kappa shape index (κ2) is 11.0. The summed E-state index contributed by atoms with van der Waals surface area (Å²) >= 11 is 0. The third-order valence-electron chi connectivity index (χ3n) is 7.77. The molecule has 1 aliphatic carbocycles. The van der Waals surface area contributed by atoms with Gasteiger partial charge >= 0.3 is 5.97 Å². The minimum Gasteiger partial charge on any atom is -0.508 e. The maximum atomic E-state index is 13.1. The molecule has 0 aromatic heterocycles. The Balaban J connectivity index is 1.64. The fourth-order valence-corrected chi connectivity index (χ4v) is 5.85. The third-order valence-corrected chi connectivity index (χ3v) is 7.77. The molecule has 0 radical (unpaired) electrons. The van der Waals surface area contributed by atoms with Crippen LogP contribution in [-0.2, 0) is 4.79 Å². The van der Waals surface area contributed by atoms with Crippen LogP contribution in [0.4, 0.5) is 0 Å². The van der Waals surface area contributed by atoms with Crippen LogP contribution in [0.3, 0.4) is 0 Å². The first-order valence-electron chi connectivity index (χ1n) is 12.9. The van der Waals surface area contributed by atoms with Crippen molar-refractivity contribution in [1.82, 2.24) is 10.2 Å². The number of phenolic OH excluding ortho intramolecular Hbond substituents is 2. The van der Waals surface area contributed by atoms with E-state index < -0.39 is 11.5 Å². The van der Waals surface area contributed by atoms with Gasteiger partial charge in [0.1, 0.15) is 17.0 Å². The topological polar surface area (TPSA) is 110 Å². The van der Waals surface area contributed by atoms with Gasteiger partial charge in [-0.2, -0.15) is 0 Å². The first-order valence-corrected chi connectivity index (χ1v) is 12.9. The highest BCUT2D eigenvalue weighted by atomic mass is 16.4. The fraction of sp³-hybridized carbons (Fsp3) is 0.704. The summed E-state index contributed by atoms with van der Waals surface area (Å²) in [7, 11) is 0. The van der Waals surface area contributed by atoms with E-state index in [1.165, 1.54) is 6.07 Å². The van der Waals surface area contributed by atoms with Gasteiger partial charge in [0.2, 0.25) is 0 Å². The molecule has 7 heteroatoms. The van der Waals surface area contributed by atoms with Crippen molar-refractivity contribution in [1.29, 1.82) is 0 Å². The number of hydrogen-bond donors (Lipinski definition) is 4. The molecule has 3 rings (SSSR count). The lowest BCUT2D eigenvalue weighted by atomic mass is 9.76. The molecule has 1 aromatic rings. The largest absolute Gasteiger partial charge is 0.508 e. The highest BCUT2D eigenvalue weighted by molar-refractivity contribution is 5.97. The Bertz CT molecular complexity index is 870. The monoisotopic (exact) mass is 474 g/mol. The van der Waals surface area contributed by atoms with Crippen molar-refractivity contribution in [3.63, 3.8) is 0 Å². The van der Waals surface area contributed by atoms with Gasteiger partial charge < -0.3 is 25.5 Å². The molecule has 2 fully saturated rings. The molecule has 7 nitrogen and oxygen atoms in total. The first kappa shape index (κ1) is 26.3. The summed E-state index contributed by atoms with van der Waals surface area (Å²) in [5.74, 6) is -0.369. The minimum absolute atomic E-state index is 0.000549. The molecule has 1 amide bonds. The Labute approximate surface area is 203 Å². The lowest BCUT2D eigenvalue weighted by Crippen LogP contribution is -2.59. The average Bonchev–Trinajstić information content (AvgIpc) is 3.31. The number of aliphatic carboxylic acids is 1. The number of nitrogens with one attached hydrogen (secondary N) is 1. The normalized spacial score (nSPS) is 19.6. The molecule has 4 N–H and O–H groups in total. The highest BCUT2D eigenvalue weighted by Gasteiger charge is 2.47. The van der Waals surface area contributed by atoms with E-state index in [0.29, 0.717) is 37.5 Å². The van der Waals surface area contributed by atoms with E-state index in [0.717, 1.165) is 38.5 Å². The van der Waals surface area contributed by atoms with E-state index in [9.17, 15) is 24.9 Å². The van der Waals surface area contributed by atoms with Crippen LogP contribution in [0, 0.1) is 17.8 Å². The minimum atomic E-state index is -0.872. The van der Waals surface area contributed by atoms with Crippen LogP contribution in [0.25, 0.3) is 0 Å². The predicted octanol–water partition coefficient (Wildman–Crippen LogP) is 4.72. The molecule has 0 bridgehead atoms. The number of benzene rings is 1. The van der Waals surface area contributed by atoms with Gasteiger partial charge in [-0.25, -0.2) is 0 Å². The molecule has 190 valence electrons. The van der Waals surface area contributed by atoms with E-state index in [2.05, 4.69) is 19.2 Å². The molecular weight excluding hydrogens is 432 g/mol. The van der Waals surface area contributed by atoms with Crippen molar-refractivity contribution >= 4 is 11.9 Å². The lowest BCUT2D eigenvalue weighted by Gasteiger charge is -2.40. The van der Waals surface area contributed by atoms with Gasteiger partial charge in [-0.15, -0.1) is 0 Å². The van der Waals surface area contributed by atoms with Gasteiger partial charge in [-0.05, 0) is 74.0 Å². The zero-order chi connectivity index (χ0) is 25.0. The average molecular weight is 475 g/mol. The van der Waals surface area contributed by atoms with Gasteiger partial charge in [-0.1, -0.05) is 40.5 Å². The number of likely N-dealkylation sites (tertiary alicyclic amines) is 1. The summed E-state index contributed by atoms with van der Waals surface area (Å²) in [5, 5.41) is 34.1. The fourth-order valence-electron chi connectivity index (χ4n) is 5.85. The van der Waals surface area contributed by atoms with Gasteiger partial charge in [0, 0.05) is 19.2 Å². The Morgan fingerprint density at radius 3 is 2.18 bits per heavy atom. The number of nitrogens with zero attached hydrogens (tertiary/aromatic N) is 1. The number of rotatable bonds is 9. The zero-order valence-corrected chi connectivity index (χ0v) is 21.1. The van der Waals surface area contributed by atoms with Crippen molar-refractivity contribution in [2.24, 2.45) is 17.8 Å². The maximum Gasteiger partial charge on any atom is 0.324 e. The summed E-state index contributed by atoms with van der Waals surface area (Å²) in [4.78, 5) is 27.3. The summed E-state index contributed by atoms with van der Waals surface area (Å²) in [6.45, 7) is 9.80. The van der Waals surface area contributed by atoms with Crippen LogP contribution in [0.2, 0.25) is 0 Å². The van der Waals surface area contributed by atoms with Gasteiger partial charge in [-0.3, -0.25) is 9.59 Å². The summed E-state index contributed by atoms with van der Waals surface area (Å²) in [6, 6.07) is 2.85. The number of carbonyl (C=O) groups excluding carboxylic acids is 1. The van der Waals surface area contributed by atoms with Gasteiger partial charge in [0.15, 0.2) is 0 Å². The van der Waals surface area contributed by atoms with Crippen LogP contribution in [0.5, 0.6) is 11.5 Å². The Kier molecular flexibility index (Phi) is 8.50. The molecule has 1 saturated heterocycles. The summed E-state index contributed by atoms with van der Waals surface area (Å²) < 4.78 is 0. The first-order chi connectivity index (χ1) is 16.0. The number of amides is 1. The highest BCUT2D eigenvalue weighted by Crippen LogP contribution is 2.39. The molecule has 1 atom stereocenters. The van der Waals surface area contributed by atoms with Crippen molar-refractivity contribution in [2.45, 2.75) is 84.1 Å². The van der Waals surface area contributed by atoms with Crippen molar-refractivity contribution in [2.75, 3.05) is 19.6 Å². The summed E-state index contributed by atoms with van der Waals surface area (Å²) in [5.41, 5.74) is -0.00802. The van der Waals surface area contributed by atoms with E-state index in [-0.39, 0.29) is 40.7 Å². The van der Waals surface area contributed by atoms with Crippen LogP contribution >= 0.6 is 0 Å². The van der Waals surface area contributed by atoms with E-state index >= 15 is 0 Å². The Hall–Kier alpha value is -2.28. The maximum absolute atomic E-state index is 13.1. The number of phenols is 2. The molecule has 1 aliphatic heterocycles. The molecule has 1 aromatic carbocycles. The smallest absolute Gasteiger partial charge is 0.324 e. The molecule has 2 aliphatic rings. The van der Waals surface area contributed by atoms with Crippen LogP contribution in [-0.4, -0.2) is 57.3 Å². The lowest BCUT2D eigenvalue weighted by molar-refractivity contribution is -0.148. The molecule has 1 heterocycles. The SMILES string of the molecule is CC(C)C[C@](NCC1CCN(C(=O)c2cc(C(C)C)c(O)cc2O)CC1)(C(=O)O)C1CCCC1. The predicted molar refractivity (Wildman–Crippen MR) is 132 cm³/mol. The van der Waals surface area contributed by atoms with Crippen molar-refractivity contribution < 1.29 is 24.9 Å². The van der Waals surface area contributed by atoms with E-state index in [1.54, 1.807) is 11.0 Å². The van der Waals surface area contributed by atoms with E-state index in [1.807, 2.05) is 13.8 Å². The van der Waals surface area contributed by atoms with Crippen LogP contribution < -0.4 is 5.32 Å².